The molecule has 3 atom stereocenters. The molecular weight excluding hydrogens is 1140 g/mol. The lowest BCUT2D eigenvalue weighted by Crippen LogP contribution is -2.47. The van der Waals surface area contributed by atoms with Gasteiger partial charge in [-0.1, -0.05) is 364 Å². The summed E-state index contributed by atoms with van der Waals surface area (Å²) in [4.78, 5) is 40.3. The molecule has 0 aliphatic heterocycles. The number of likely N-dealkylation sites (N-methyl/N-ethyl adjacent to an activating group) is 1. The molecule has 1 N–H and O–H groups in total. The van der Waals surface area contributed by atoms with Gasteiger partial charge in [-0.15, -0.1) is 0 Å². The summed E-state index contributed by atoms with van der Waals surface area (Å²) in [7, 11) is 1.19. The molecule has 0 saturated heterocycles. The molecule has 532 valence electrons. The maximum absolute atomic E-state index is 13.7. The molecule has 0 saturated carbocycles. The molecule has 0 rings (SSSR count). The number of quaternary nitrogens is 1. The molecule has 0 aromatic rings. The molecule has 1 amide bonds. The molecule has 3 unspecified atom stereocenters. The number of hydrogen-bond donors (Lipinski definition) is 1. The Bertz CT molecular complexity index is 1780. The topological polar surface area (TPSA) is 114 Å². The zero-order chi connectivity index (χ0) is 66.3. The van der Waals surface area contributed by atoms with Gasteiger partial charge >= 0.3 is 5.97 Å². The van der Waals surface area contributed by atoms with Crippen molar-refractivity contribution in [1.82, 2.24) is 5.32 Å². The lowest BCUT2D eigenvalue weighted by Gasteiger charge is -2.30. The van der Waals surface area contributed by atoms with Crippen molar-refractivity contribution in [2.75, 3.05) is 40.9 Å². The Morgan fingerprint density at radius 1 is 0.396 bits per heavy atom. The molecule has 0 spiro atoms. The number of nitrogens with zero attached hydrogens (tertiary/aromatic N) is 1. The van der Waals surface area contributed by atoms with Crippen LogP contribution in [-0.2, 0) is 27.9 Å². The van der Waals surface area contributed by atoms with Gasteiger partial charge in [-0.3, -0.25) is 14.2 Å². The van der Waals surface area contributed by atoms with Gasteiger partial charge in [0.15, 0.2) is 0 Å². The number of rotatable bonds is 72. The summed E-state index contributed by atoms with van der Waals surface area (Å²) in [6, 6.07) is -0.892. The number of hydrogen-bond acceptors (Lipinski definition) is 7. The number of esters is 1. The zero-order valence-corrected chi connectivity index (χ0v) is 61.9. The summed E-state index contributed by atoms with van der Waals surface area (Å²) in [6.45, 7) is 6.79. The normalized spacial score (nSPS) is 13.8. The quantitative estimate of drug-likeness (QED) is 0.0212. The molecule has 0 bridgehead atoms. The minimum absolute atomic E-state index is 0.0226. The number of carbonyl (C=O) groups is 2. The van der Waals surface area contributed by atoms with Crippen molar-refractivity contribution in [3.05, 3.63) is 72.9 Å². The van der Waals surface area contributed by atoms with Crippen LogP contribution in [0, 0.1) is 0 Å². The Kier molecular flexibility index (Phi) is 68.3. The Labute approximate surface area is 565 Å². The van der Waals surface area contributed by atoms with Crippen molar-refractivity contribution in [3.8, 4) is 0 Å². The fraction of sp³-hybridized carbons (Fsp3) is 0.827. The standard InChI is InChI=1S/C81H151N2O7P/c1-7-10-13-16-19-22-25-28-30-32-34-36-38-40-41-43-44-46-48-50-52-55-58-61-64-67-70-73-80(84)82-78(77-89-91(86,87)88-76-75-83(4,5)6)79(72-69-66-63-60-57-54-27-24-21-18-15-12-9-3)90-81(85)74-71-68-65-62-59-56-53-51-49-47-45-42-39-37-35-33-31-29-26-23-20-17-14-11-8-2/h10,13,19,22,28,30,34,36,40-41,69,72,78-79H,7-9,11-12,14-18,20-21,23-27,29,31-33,35,37-39,42-68,70-71,73-77H2,1-6H3,(H-,82,84,86,87)/b13-10-,22-19-,30-28-,36-34-,41-40-,72-69+. The summed E-state index contributed by atoms with van der Waals surface area (Å²) < 4.78 is 30.6. The van der Waals surface area contributed by atoms with Crippen molar-refractivity contribution < 1.29 is 37.3 Å². The summed E-state index contributed by atoms with van der Waals surface area (Å²) in [6.07, 6.45) is 93.3. The van der Waals surface area contributed by atoms with Gasteiger partial charge in [-0.05, 0) is 76.7 Å². The first kappa shape index (κ1) is 88.5. The molecule has 0 aromatic heterocycles. The largest absolute Gasteiger partial charge is 0.756 e. The number of phosphoric ester groups is 1. The van der Waals surface area contributed by atoms with E-state index in [0.717, 1.165) is 96.3 Å². The van der Waals surface area contributed by atoms with Gasteiger partial charge in [-0.25, -0.2) is 0 Å². The highest BCUT2D eigenvalue weighted by Crippen LogP contribution is 2.38. The van der Waals surface area contributed by atoms with Crippen LogP contribution in [0.4, 0.5) is 0 Å². The predicted octanol–water partition coefficient (Wildman–Crippen LogP) is 24.8. The second-order valence-corrected chi connectivity index (χ2v) is 29.3. The van der Waals surface area contributed by atoms with E-state index in [1.165, 1.54) is 250 Å². The SMILES string of the molecule is CC/C=C\C/C=C\C/C=C\C/C=C\C/C=C\CCCCCCCCCCCCCC(=O)NC(COP(=O)([O-])OCC[N+](C)(C)C)C(/C=C/CCCCCCCCCCCCC)OC(=O)CCCCCCCCCCCCCCCCCCCCCCCCCCC. The number of unbranched alkanes of at least 4 members (excludes halogenated alkanes) is 46. The molecule has 0 radical (unpaired) electrons. The highest BCUT2D eigenvalue weighted by atomic mass is 31.2. The average Bonchev–Trinajstić information content (AvgIpc) is 3.45. The molecule has 0 aromatic carbocycles. The van der Waals surface area contributed by atoms with Gasteiger partial charge in [0, 0.05) is 12.8 Å². The van der Waals surface area contributed by atoms with Crippen LogP contribution in [0.3, 0.4) is 0 Å². The van der Waals surface area contributed by atoms with Gasteiger partial charge in [0.05, 0.1) is 33.8 Å². The van der Waals surface area contributed by atoms with Crippen molar-refractivity contribution in [2.45, 2.75) is 392 Å². The Morgan fingerprint density at radius 2 is 0.703 bits per heavy atom. The first-order chi connectivity index (χ1) is 44.4. The predicted molar refractivity (Wildman–Crippen MR) is 395 cm³/mol. The third-order valence-electron chi connectivity index (χ3n) is 17.7. The maximum atomic E-state index is 13.7. The zero-order valence-electron chi connectivity index (χ0n) is 61.1. The number of allylic oxidation sites excluding steroid dienone is 11. The average molecular weight is 1300 g/mol. The first-order valence-corrected chi connectivity index (χ1v) is 40.7. The second kappa shape index (κ2) is 70.3. The van der Waals surface area contributed by atoms with E-state index in [2.05, 4.69) is 86.8 Å². The van der Waals surface area contributed by atoms with Crippen LogP contribution in [0.5, 0.6) is 0 Å². The molecule has 0 fully saturated rings. The van der Waals surface area contributed by atoms with Gasteiger partial charge < -0.3 is 28.5 Å². The van der Waals surface area contributed by atoms with Crippen LogP contribution in [0.1, 0.15) is 380 Å². The third kappa shape index (κ3) is 71.6. The molecule has 0 aliphatic rings. The van der Waals surface area contributed by atoms with Crippen LogP contribution in [-0.4, -0.2) is 69.4 Å². The van der Waals surface area contributed by atoms with E-state index >= 15 is 0 Å². The summed E-state index contributed by atoms with van der Waals surface area (Å²) >= 11 is 0. The van der Waals surface area contributed by atoms with Crippen LogP contribution >= 0.6 is 7.82 Å². The Hall–Kier alpha value is -2.55. The second-order valence-electron chi connectivity index (χ2n) is 27.8. The van der Waals surface area contributed by atoms with E-state index in [9.17, 15) is 19.0 Å². The molecule has 10 heteroatoms. The van der Waals surface area contributed by atoms with Gasteiger partial charge in [0.1, 0.15) is 19.3 Å². The summed E-state index contributed by atoms with van der Waals surface area (Å²) in [5, 5.41) is 3.06. The first-order valence-electron chi connectivity index (χ1n) is 39.2. The lowest BCUT2D eigenvalue weighted by atomic mass is 10.0. The number of ether oxygens (including phenoxy) is 1. The van der Waals surface area contributed by atoms with E-state index in [-0.39, 0.29) is 31.5 Å². The van der Waals surface area contributed by atoms with E-state index in [1.807, 2.05) is 33.3 Å². The van der Waals surface area contributed by atoms with Crippen LogP contribution in [0.15, 0.2) is 72.9 Å². The van der Waals surface area contributed by atoms with E-state index in [1.54, 1.807) is 0 Å². The number of carbonyl (C=O) groups excluding carboxylic acids is 2. The smallest absolute Gasteiger partial charge is 0.306 e. The van der Waals surface area contributed by atoms with Gasteiger partial charge in [0.25, 0.3) is 7.82 Å². The van der Waals surface area contributed by atoms with Crippen LogP contribution < -0.4 is 10.2 Å². The third-order valence-corrected chi connectivity index (χ3v) is 18.6. The number of nitrogens with one attached hydrogen (secondary N) is 1. The summed E-state index contributed by atoms with van der Waals surface area (Å²) in [5.74, 6) is -0.527. The Balaban J connectivity index is 4.97. The maximum Gasteiger partial charge on any atom is 0.306 e. The van der Waals surface area contributed by atoms with E-state index in [4.69, 9.17) is 13.8 Å². The fourth-order valence-electron chi connectivity index (χ4n) is 11.7. The van der Waals surface area contributed by atoms with E-state index < -0.39 is 20.0 Å². The Morgan fingerprint density at radius 3 is 1.05 bits per heavy atom. The lowest BCUT2D eigenvalue weighted by molar-refractivity contribution is -0.870. The monoisotopic (exact) mass is 1300 g/mol. The van der Waals surface area contributed by atoms with Gasteiger partial charge in [0.2, 0.25) is 5.91 Å². The van der Waals surface area contributed by atoms with Crippen molar-refractivity contribution in [3.63, 3.8) is 0 Å². The molecule has 0 heterocycles. The fourth-order valence-corrected chi connectivity index (χ4v) is 12.4. The van der Waals surface area contributed by atoms with Crippen LogP contribution in [0.25, 0.3) is 0 Å². The molecule has 9 nitrogen and oxygen atoms in total. The van der Waals surface area contributed by atoms with Gasteiger partial charge in [-0.2, -0.15) is 0 Å². The molecule has 91 heavy (non-hydrogen) atoms. The van der Waals surface area contributed by atoms with Crippen molar-refractivity contribution in [1.29, 1.82) is 0 Å². The minimum atomic E-state index is -4.71. The van der Waals surface area contributed by atoms with Crippen LogP contribution in [0.2, 0.25) is 0 Å². The van der Waals surface area contributed by atoms with E-state index in [0.29, 0.717) is 17.4 Å². The molecular formula is C81H151N2O7P. The minimum Gasteiger partial charge on any atom is -0.756 e. The highest BCUT2D eigenvalue weighted by Gasteiger charge is 2.27. The highest BCUT2D eigenvalue weighted by molar-refractivity contribution is 7.45. The van der Waals surface area contributed by atoms with Crippen molar-refractivity contribution >= 4 is 19.7 Å². The summed E-state index contributed by atoms with van der Waals surface area (Å²) in [5.41, 5.74) is 0. The van der Waals surface area contributed by atoms with Crippen molar-refractivity contribution in [2.24, 2.45) is 0 Å². The number of phosphoric acid groups is 1. The molecule has 0 aliphatic carbocycles. The number of amides is 1.